The summed E-state index contributed by atoms with van der Waals surface area (Å²) in [5, 5.41) is 3.49. The summed E-state index contributed by atoms with van der Waals surface area (Å²) in [6, 6.07) is 24.5. The van der Waals surface area contributed by atoms with E-state index in [1.807, 2.05) is 30.7 Å². The molecule has 0 saturated carbocycles. The number of aryl methyl sites for hydroxylation is 1. The summed E-state index contributed by atoms with van der Waals surface area (Å²) in [4.78, 5) is 10.0. The van der Waals surface area contributed by atoms with E-state index in [1.54, 1.807) is 0 Å². The van der Waals surface area contributed by atoms with E-state index in [0.29, 0.717) is 23.0 Å². The summed E-state index contributed by atoms with van der Waals surface area (Å²) >= 11 is 18.0. The summed E-state index contributed by atoms with van der Waals surface area (Å²) in [6.07, 6.45) is 4.27. The topological polar surface area (TPSA) is 30.2 Å². The molecule has 0 bridgehead atoms. The second kappa shape index (κ2) is 9.67. The highest BCUT2D eigenvalue weighted by Gasteiger charge is 2.10. The molecule has 0 saturated heterocycles. The Morgan fingerprint density at radius 1 is 1.00 bits per heavy atom. The van der Waals surface area contributed by atoms with Crippen LogP contribution in [0, 0.1) is 6.92 Å². The summed E-state index contributed by atoms with van der Waals surface area (Å²) < 4.78 is 2.12. The number of rotatable bonds is 6. The maximum atomic E-state index is 6.25. The van der Waals surface area contributed by atoms with Crippen LogP contribution in [0.15, 0.2) is 84.1 Å². The van der Waals surface area contributed by atoms with Crippen LogP contribution in [0.25, 0.3) is 27.5 Å². The van der Waals surface area contributed by atoms with E-state index in [9.17, 15) is 0 Å². The Hall–Kier alpha value is -3.05. The van der Waals surface area contributed by atoms with Crippen LogP contribution >= 0.6 is 35.4 Å². The van der Waals surface area contributed by atoms with E-state index >= 15 is 0 Å². The highest BCUT2D eigenvalue weighted by Crippen LogP contribution is 2.27. The first-order valence-electron chi connectivity index (χ1n) is 10.9. The predicted molar refractivity (Wildman–Crippen MR) is 149 cm³/mol. The van der Waals surface area contributed by atoms with Crippen molar-refractivity contribution in [1.29, 1.82) is 0 Å². The Morgan fingerprint density at radius 3 is 2.53 bits per heavy atom. The molecule has 0 spiro atoms. The van der Waals surface area contributed by atoms with Crippen LogP contribution in [-0.4, -0.2) is 27.2 Å². The van der Waals surface area contributed by atoms with Crippen molar-refractivity contribution in [3.05, 3.63) is 106 Å². The average molecular weight is 502 g/mol. The van der Waals surface area contributed by atoms with Gasteiger partial charge in [-0.25, -0.2) is 4.98 Å². The molecule has 0 N–H and O–H groups in total. The summed E-state index contributed by atoms with van der Waals surface area (Å²) in [7, 11) is 0. The van der Waals surface area contributed by atoms with E-state index in [4.69, 9.17) is 40.4 Å². The van der Waals surface area contributed by atoms with Crippen LogP contribution in [0.4, 0.5) is 0 Å². The van der Waals surface area contributed by atoms with E-state index in [2.05, 4.69) is 71.1 Å². The van der Waals surface area contributed by atoms with Gasteiger partial charge in [0.1, 0.15) is 6.33 Å². The van der Waals surface area contributed by atoms with Crippen LogP contribution in [0.1, 0.15) is 16.7 Å². The molecule has 0 aliphatic rings. The van der Waals surface area contributed by atoms with E-state index in [1.165, 1.54) is 5.56 Å². The molecule has 0 fully saturated rings. The molecule has 6 heteroatoms. The largest absolute Gasteiger partial charge is 0.299 e. The number of nitrogens with zero attached hydrogens (tertiary/aromatic N) is 3. The second-order valence-corrected chi connectivity index (χ2v) is 9.64. The van der Waals surface area contributed by atoms with Crippen molar-refractivity contribution in [3.8, 4) is 5.69 Å². The molecule has 168 valence electrons. The molecule has 1 aromatic heterocycles. The van der Waals surface area contributed by atoms with Crippen LogP contribution in [0.3, 0.4) is 0 Å². The number of aliphatic imine (C=N–C) groups is 1. The highest BCUT2D eigenvalue weighted by atomic mass is 35.5. The molecule has 0 unspecified atom stereocenters. The Labute approximate surface area is 213 Å². The summed E-state index contributed by atoms with van der Waals surface area (Å²) in [5.74, 6) is 0. The quantitative estimate of drug-likeness (QED) is 0.175. The molecule has 5 rings (SSSR count). The molecule has 3 nitrogen and oxygen atoms in total. The first-order valence-corrected chi connectivity index (χ1v) is 12.1. The zero-order valence-corrected chi connectivity index (χ0v) is 20.8. The SMILES string of the molecule is Cc1ccc(-n2cnc3c4ccc(C=NCC(=S)Cc5c(Cl)cccc5Cl)cc4ccc32)cc1. The van der Waals surface area contributed by atoms with Crippen molar-refractivity contribution in [2.75, 3.05) is 6.54 Å². The lowest BCUT2D eigenvalue weighted by atomic mass is 10.1. The second-order valence-electron chi connectivity index (χ2n) is 8.25. The number of imidazole rings is 1. The molecule has 34 heavy (non-hydrogen) atoms. The zero-order chi connectivity index (χ0) is 23.7. The molecule has 0 aliphatic carbocycles. The lowest BCUT2D eigenvalue weighted by Crippen LogP contribution is -2.05. The van der Waals surface area contributed by atoms with Gasteiger partial charge in [-0.1, -0.05) is 77.4 Å². The van der Waals surface area contributed by atoms with Gasteiger partial charge < -0.3 is 0 Å². The Balaban J connectivity index is 1.35. The van der Waals surface area contributed by atoms with Crippen molar-refractivity contribution in [3.63, 3.8) is 0 Å². The Bertz CT molecular complexity index is 1530. The number of aromatic nitrogens is 2. The van der Waals surface area contributed by atoms with Gasteiger partial charge in [-0.3, -0.25) is 9.56 Å². The van der Waals surface area contributed by atoms with Crippen LogP contribution in [-0.2, 0) is 6.42 Å². The fourth-order valence-corrected chi connectivity index (χ4v) is 4.78. The van der Waals surface area contributed by atoms with E-state index in [-0.39, 0.29) is 0 Å². The standard InChI is InChI=1S/C28H21Cl2N3S/c1-18-5-9-21(10-6-18)33-17-32-28-23-11-7-19(13-20(23)8-12-27(28)33)15-31-16-22(34)14-24-25(29)3-2-4-26(24)30/h2-13,15,17H,14,16H2,1H3. The zero-order valence-electron chi connectivity index (χ0n) is 18.5. The number of thiocarbonyl (C=S) groups is 1. The highest BCUT2D eigenvalue weighted by molar-refractivity contribution is 7.80. The van der Waals surface area contributed by atoms with Gasteiger partial charge in [0, 0.05) is 38.6 Å². The van der Waals surface area contributed by atoms with Crippen molar-refractivity contribution >= 4 is 68.3 Å². The third kappa shape index (κ3) is 4.62. The van der Waals surface area contributed by atoms with Crippen LogP contribution in [0.5, 0.6) is 0 Å². The van der Waals surface area contributed by atoms with E-state index in [0.717, 1.165) is 43.5 Å². The van der Waals surface area contributed by atoms with Gasteiger partial charge >= 0.3 is 0 Å². The molecular weight excluding hydrogens is 481 g/mol. The summed E-state index contributed by atoms with van der Waals surface area (Å²) in [5.41, 5.74) is 6.28. The van der Waals surface area contributed by atoms with Gasteiger partial charge in [-0.15, -0.1) is 0 Å². The monoisotopic (exact) mass is 501 g/mol. The van der Waals surface area contributed by atoms with Crippen molar-refractivity contribution in [2.45, 2.75) is 13.3 Å². The molecule has 1 heterocycles. The molecule has 4 aromatic carbocycles. The Morgan fingerprint density at radius 2 is 1.76 bits per heavy atom. The number of hydrogen-bond acceptors (Lipinski definition) is 3. The predicted octanol–water partition coefficient (Wildman–Crippen LogP) is 7.83. The van der Waals surface area contributed by atoms with Crippen LogP contribution < -0.4 is 0 Å². The number of benzene rings is 4. The first-order chi connectivity index (χ1) is 16.5. The van der Waals surface area contributed by atoms with Gasteiger partial charge in [0.05, 0.1) is 17.6 Å². The molecular formula is C28H21Cl2N3S. The lowest BCUT2D eigenvalue weighted by Gasteiger charge is -2.07. The third-order valence-corrected chi connectivity index (χ3v) is 6.79. The fraction of sp³-hybridized carbons (Fsp3) is 0.107. The first kappa shape index (κ1) is 22.7. The van der Waals surface area contributed by atoms with Crippen molar-refractivity contribution in [2.24, 2.45) is 4.99 Å². The molecule has 0 amide bonds. The van der Waals surface area contributed by atoms with Gasteiger partial charge in [-0.05, 0) is 59.8 Å². The number of halogens is 2. The molecule has 0 aliphatic heterocycles. The normalized spacial score (nSPS) is 11.6. The van der Waals surface area contributed by atoms with Gasteiger partial charge in [0.15, 0.2) is 0 Å². The average Bonchev–Trinajstić information content (AvgIpc) is 3.26. The third-order valence-electron chi connectivity index (χ3n) is 5.81. The minimum atomic E-state index is 0.439. The van der Waals surface area contributed by atoms with Crippen molar-refractivity contribution in [1.82, 2.24) is 9.55 Å². The van der Waals surface area contributed by atoms with Crippen LogP contribution in [0.2, 0.25) is 10.0 Å². The molecule has 0 atom stereocenters. The van der Waals surface area contributed by atoms with Crippen molar-refractivity contribution < 1.29 is 0 Å². The van der Waals surface area contributed by atoms with Gasteiger partial charge in [0.2, 0.25) is 0 Å². The lowest BCUT2D eigenvalue weighted by molar-refractivity contribution is 1.09. The molecule has 5 aromatic rings. The maximum Gasteiger partial charge on any atom is 0.100 e. The Kier molecular flexibility index (Phi) is 6.46. The molecule has 0 radical (unpaired) electrons. The minimum Gasteiger partial charge on any atom is -0.299 e. The maximum absolute atomic E-state index is 6.25. The van der Waals surface area contributed by atoms with Gasteiger partial charge in [0.25, 0.3) is 0 Å². The van der Waals surface area contributed by atoms with E-state index < -0.39 is 0 Å². The minimum absolute atomic E-state index is 0.439. The number of hydrogen-bond donors (Lipinski definition) is 0. The fourth-order valence-electron chi connectivity index (χ4n) is 4.03. The smallest absolute Gasteiger partial charge is 0.100 e. The van der Waals surface area contributed by atoms with Gasteiger partial charge in [-0.2, -0.15) is 0 Å². The summed E-state index contributed by atoms with van der Waals surface area (Å²) in [6.45, 7) is 2.53. The number of fused-ring (bicyclic) bond motifs is 3.